The lowest BCUT2D eigenvalue weighted by Crippen LogP contribution is -2.71. The van der Waals surface area contributed by atoms with Crippen molar-refractivity contribution in [3.05, 3.63) is 65.7 Å². The molecule has 164 valence electrons. The largest absolute Gasteiger partial charge is 0.507 e. The number of phenols is 1. The Kier molecular flexibility index (Phi) is 5.14. The van der Waals surface area contributed by atoms with E-state index in [1.54, 1.807) is 24.3 Å². The van der Waals surface area contributed by atoms with E-state index in [-0.39, 0.29) is 17.5 Å². The van der Waals surface area contributed by atoms with Gasteiger partial charge < -0.3 is 25.8 Å². The van der Waals surface area contributed by atoms with Crippen LogP contribution in [-0.4, -0.2) is 58.9 Å². The molecular weight excluding hydrogens is 406 g/mol. The molecule has 2 fully saturated rings. The highest BCUT2D eigenvalue weighted by Gasteiger charge is 2.49. The molecule has 2 aliphatic rings. The van der Waals surface area contributed by atoms with Crippen molar-refractivity contribution in [3.63, 3.8) is 0 Å². The molecule has 0 saturated carbocycles. The lowest BCUT2D eigenvalue weighted by Gasteiger charge is -2.56. The number of benzene rings is 2. The Labute approximate surface area is 186 Å². The molecule has 0 radical (unpaired) electrons. The van der Waals surface area contributed by atoms with Gasteiger partial charge in [-0.3, -0.25) is 4.79 Å². The number of amides is 1. The van der Waals surface area contributed by atoms with E-state index in [4.69, 9.17) is 10.5 Å². The maximum atomic E-state index is 12.6. The molecule has 0 atom stereocenters. The summed E-state index contributed by atoms with van der Waals surface area (Å²) in [5.41, 5.74) is 9.06. The van der Waals surface area contributed by atoms with Gasteiger partial charge in [0.15, 0.2) is 11.6 Å². The molecule has 8 nitrogen and oxygen atoms in total. The normalized spacial score (nSPS) is 16.3. The first-order chi connectivity index (χ1) is 15.5. The van der Waals surface area contributed by atoms with Gasteiger partial charge in [0.05, 0.1) is 6.61 Å². The van der Waals surface area contributed by atoms with Gasteiger partial charge in [0.1, 0.15) is 11.4 Å². The number of anilines is 1. The second kappa shape index (κ2) is 8.12. The van der Waals surface area contributed by atoms with Crippen LogP contribution in [0.5, 0.6) is 11.5 Å². The van der Waals surface area contributed by atoms with Crippen molar-refractivity contribution in [2.24, 2.45) is 5.41 Å². The molecule has 5 rings (SSSR count). The summed E-state index contributed by atoms with van der Waals surface area (Å²) in [6.07, 6.45) is 0.653. The molecule has 4 N–H and O–H groups in total. The van der Waals surface area contributed by atoms with Crippen molar-refractivity contribution in [3.8, 4) is 22.8 Å². The van der Waals surface area contributed by atoms with E-state index >= 15 is 0 Å². The van der Waals surface area contributed by atoms with Crippen LogP contribution in [0.2, 0.25) is 0 Å². The molecule has 0 bridgehead atoms. The van der Waals surface area contributed by atoms with Crippen molar-refractivity contribution in [1.82, 2.24) is 20.4 Å². The molecule has 2 saturated heterocycles. The summed E-state index contributed by atoms with van der Waals surface area (Å²) in [5.74, 6) is 0.823. The van der Waals surface area contributed by atoms with Gasteiger partial charge in [0.25, 0.3) is 5.91 Å². The average molecular weight is 431 g/mol. The summed E-state index contributed by atoms with van der Waals surface area (Å²) < 4.78 is 5.84. The van der Waals surface area contributed by atoms with Gasteiger partial charge in [0.2, 0.25) is 0 Å². The molecule has 0 unspecified atom stereocenters. The van der Waals surface area contributed by atoms with Crippen molar-refractivity contribution >= 4 is 11.7 Å². The van der Waals surface area contributed by atoms with Gasteiger partial charge in [-0.1, -0.05) is 24.3 Å². The molecular formula is C24H25N5O3. The third-order valence-corrected chi connectivity index (χ3v) is 6.15. The number of likely N-dealkylation sites (tertiary alicyclic amines) is 1. The van der Waals surface area contributed by atoms with Crippen LogP contribution in [0.4, 0.5) is 5.82 Å². The Morgan fingerprint density at radius 2 is 1.88 bits per heavy atom. The maximum Gasteiger partial charge on any atom is 0.253 e. The van der Waals surface area contributed by atoms with E-state index in [0.717, 1.165) is 31.7 Å². The van der Waals surface area contributed by atoms with Crippen LogP contribution >= 0.6 is 0 Å². The second-order valence-corrected chi connectivity index (χ2v) is 8.56. The number of nitrogens with two attached hydrogens (primary N) is 1. The molecule has 3 aromatic rings. The standard InChI is InChI=1S/C24H25N5O3/c25-22-21(11-19(27-28-22)18-3-1-2-4-20(18)30)32-10-9-16-5-7-17(8-6-16)23(31)29-14-24(15-29)12-26-13-24/h1-8,11,26,30H,9-10,12-15H2,(H2,25,28). The lowest BCUT2D eigenvalue weighted by atomic mass is 9.74. The number of aromatic nitrogens is 2. The summed E-state index contributed by atoms with van der Waals surface area (Å²) in [6.45, 7) is 4.12. The number of rotatable bonds is 6. The summed E-state index contributed by atoms with van der Waals surface area (Å²) in [6, 6.07) is 16.2. The van der Waals surface area contributed by atoms with E-state index in [1.807, 2.05) is 35.2 Å². The van der Waals surface area contributed by atoms with Crippen LogP contribution in [0, 0.1) is 5.41 Å². The third kappa shape index (κ3) is 3.85. The highest BCUT2D eigenvalue weighted by molar-refractivity contribution is 5.95. The monoisotopic (exact) mass is 431 g/mol. The zero-order chi connectivity index (χ0) is 22.1. The Hall–Kier alpha value is -3.65. The maximum absolute atomic E-state index is 12.6. The number of hydrogen-bond acceptors (Lipinski definition) is 7. The van der Waals surface area contributed by atoms with Crippen LogP contribution in [-0.2, 0) is 6.42 Å². The number of ether oxygens (including phenoxy) is 1. The Morgan fingerprint density at radius 1 is 1.12 bits per heavy atom. The molecule has 1 aromatic heterocycles. The molecule has 1 spiro atoms. The smallest absolute Gasteiger partial charge is 0.253 e. The number of carbonyl (C=O) groups excluding carboxylic acids is 1. The average Bonchev–Trinajstić information content (AvgIpc) is 2.74. The predicted octanol–water partition coefficient (Wildman–Crippen LogP) is 2.10. The molecule has 0 aliphatic carbocycles. The van der Waals surface area contributed by atoms with Gasteiger partial charge in [-0.15, -0.1) is 10.2 Å². The Bertz CT molecular complexity index is 1140. The van der Waals surface area contributed by atoms with Gasteiger partial charge in [-0.05, 0) is 29.8 Å². The van der Waals surface area contributed by atoms with Crippen LogP contribution in [0.3, 0.4) is 0 Å². The number of nitrogens with zero attached hydrogens (tertiary/aromatic N) is 3. The highest BCUT2D eigenvalue weighted by atomic mass is 16.5. The molecule has 1 amide bonds. The van der Waals surface area contributed by atoms with Crippen LogP contribution < -0.4 is 15.8 Å². The quantitative estimate of drug-likeness (QED) is 0.548. The fourth-order valence-corrected chi connectivity index (χ4v) is 4.21. The van der Waals surface area contributed by atoms with Crippen LogP contribution in [0.1, 0.15) is 15.9 Å². The molecule has 2 aliphatic heterocycles. The third-order valence-electron chi connectivity index (χ3n) is 6.15. The summed E-state index contributed by atoms with van der Waals surface area (Å²) in [7, 11) is 0. The van der Waals surface area contributed by atoms with E-state index in [2.05, 4.69) is 15.5 Å². The first kappa shape index (κ1) is 20.3. The molecule has 8 heteroatoms. The number of nitrogen functional groups attached to an aromatic ring is 1. The molecule has 32 heavy (non-hydrogen) atoms. The number of hydrogen-bond donors (Lipinski definition) is 3. The first-order valence-electron chi connectivity index (χ1n) is 10.7. The number of carbonyl (C=O) groups is 1. The number of aromatic hydroxyl groups is 1. The van der Waals surface area contributed by atoms with Crippen LogP contribution in [0.25, 0.3) is 11.3 Å². The van der Waals surface area contributed by atoms with Crippen molar-refractivity contribution in [2.75, 3.05) is 38.5 Å². The van der Waals surface area contributed by atoms with Gasteiger partial charge in [-0.2, -0.15) is 0 Å². The zero-order valence-electron chi connectivity index (χ0n) is 17.6. The minimum Gasteiger partial charge on any atom is -0.507 e. The fraction of sp³-hybridized carbons (Fsp3) is 0.292. The zero-order valence-corrected chi connectivity index (χ0v) is 17.6. The van der Waals surface area contributed by atoms with Gasteiger partial charge >= 0.3 is 0 Å². The highest BCUT2D eigenvalue weighted by Crippen LogP contribution is 2.35. The Balaban J connectivity index is 1.17. The van der Waals surface area contributed by atoms with Gasteiger partial charge in [-0.25, -0.2) is 0 Å². The van der Waals surface area contributed by atoms with E-state index in [1.165, 1.54) is 0 Å². The number of nitrogens with one attached hydrogen (secondary N) is 1. The van der Waals surface area contributed by atoms with Crippen molar-refractivity contribution in [1.29, 1.82) is 0 Å². The Morgan fingerprint density at radius 3 is 2.56 bits per heavy atom. The second-order valence-electron chi connectivity index (χ2n) is 8.56. The minimum atomic E-state index is 0.0950. The van der Waals surface area contributed by atoms with E-state index in [0.29, 0.717) is 41.0 Å². The van der Waals surface area contributed by atoms with Crippen molar-refractivity contribution in [2.45, 2.75) is 6.42 Å². The molecule has 3 heterocycles. The topological polar surface area (TPSA) is 114 Å². The SMILES string of the molecule is Nc1nnc(-c2ccccc2O)cc1OCCc1ccc(C(=O)N2CC3(CNC3)C2)cc1. The fourth-order valence-electron chi connectivity index (χ4n) is 4.21. The number of para-hydroxylation sites is 1. The summed E-state index contributed by atoms with van der Waals surface area (Å²) in [5, 5.41) is 21.3. The predicted molar refractivity (Wildman–Crippen MR) is 120 cm³/mol. The minimum absolute atomic E-state index is 0.0950. The van der Waals surface area contributed by atoms with E-state index < -0.39 is 0 Å². The van der Waals surface area contributed by atoms with Crippen molar-refractivity contribution < 1.29 is 14.6 Å². The van der Waals surface area contributed by atoms with E-state index in [9.17, 15) is 9.90 Å². The molecule has 2 aromatic carbocycles. The number of phenolic OH excluding ortho intramolecular Hbond substituents is 1. The summed E-state index contributed by atoms with van der Waals surface area (Å²) >= 11 is 0. The van der Waals surface area contributed by atoms with Gasteiger partial charge in [0, 0.05) is 55.2 Å². The van der Waals surface area contributed by atoms with Crippen LogP contribution in [0.15, 0.2) is 54.6 Å². The lowest BCUT2D eigenvalue weighted by molar-refractivity contribution is -0.0248. The first-order valence-corrected chi connectivity index (χ1v) is 10.7. The summed E-state index contributed by atoms with van der Waals surface area (Å²) in [4.78, 5) is 14.5.